The van der Waals surface area contributed by atoms with Gasteiger partial charge in [0.1, 0.15) is 11.2 Å². The highest BCUT2D eigenvalue weighted by atomic mass is 32.2. The Hall–Kier alpha value is -2.09. The zero-order valence-electron chi connectivity index (χ0n) is 16.3. The number of benzene rings is 1. The van der Waals surface area contributed by atoms with Crippen molar-refractivity contribution >= 4 is 21.7 Å². The normalized spacial score (nSPS) is 18.7. The van der Waals surface area contributed by atoms with Crippen molar-refractivity contribution in [3.05, 3.63) is 29.8 Å². The van der Waals surface area contributed by atoms with Crippen LogP contribution in [-0.4, -0.2) is 56.3 Å². The van der Waals surface area contributed by atoms with Gasteiger partial charge in [-0.15, -0.1) is 0 Å². The van der Waals surface area contributed by atoms with Crippen LogP contribution in [0, 0.1) is 5.41 Å². The van der Waals surface area contributed by atoms with E-state index in [1.54, 1.807) is 40.0 Å². The van der Waals surface area contributed by atoms with Crippen LogP contribution in [0.5, 0.6) is 5.75 Å². The first-order valence-electron chi connectivity index (χ1n) is 9.03. The van der Waals surface area contributed by atoms with E-state index in [-0.39, 0.29) is 29.4 Å². The first-order chi connectivity index (χ1) is 12.6. The summed E-state index contributed by atoms with van der Waals surface area (Å²) in [5.41, 5.74) is -0.393. The molecule has 2 amide bonds. The number of methoxy groups -OCH3 is 1. The minimum atomic E-state index is -3.11. The Morgan fingerprint density at radius 2 is 1.89 bits per heavy atom. The largest absolute Gasteiger partial charge is 0.497 e. The fourth-order valence-electron chi connectivity index (χ4n) is 3.19. The lowest BCUT2D eigenvalue weighted by Gasteiger charge is -2.34. The van der Waals surface area contributed by atoms with Gasteiger partial charge < -0.3 is 15.0 Å². The molecule has 150 valence electrons. The molecule has 1 aliphatic rings. The first kappa shape index (κ1) is 21.2. The van der Waals surface area contributed by atoms with Crippen LogP contribution in [0.3, 0.4) is 0 Å². The van der Waals surface area contributed by atoms with Crippen molar-refractivity contribution in [2.75, 3.05) is 25.2 Å². The maximum Gasteiger partial charge on any atom is 0.237 e. The smallest absolute Gasteiger partial charge is 0.237 e. The van der Waals surface area contributed by atoms with E-state index >= 15 is 0 Å². The Bertz CT molecular complexity index is 787. The maximum absolute atomic E-state index is 13.0. The summed E-state index contributed by atoms with van der Waals surface area (Å²) in [6.07, 6.45) is 0.422. The monoisotopic (exact) mass is 396 g/mol. The molecule has 2 rings (SSSR count). The number of carbonyl (C=O) groups excluding carboxylic acids is 2. The second-order valence-electron chi connectivity index (χ2n) is 7.30. The fourth-order valence-corrected chi connectivity index (χ4v) is 4.92. The highest BCUT2D eigenvalue weighted by molar-refractivity contribution is 7.91. The van der Waals surface area contributed by atoms with Crippen LogP contribution >= 0.6 is 0 Å². The van der Waals surface area contributed by atoms with Gasteiger partial charge in [0.25, 0.3) is 0 Å². The van der Waals surface area contributed by atoms with Gasteiger partial charge in [0, 0.05) is 19.1 Å². The summed E-state index contributed by atoms with van der Waals surface area (Å²) in [6.45, 7) is 5.61. The molecule has 1 fully saturated rings. The van der Waals surface area contributed by atoms with E-state index in [0.717, 1.165) is 11.3 Å². The van der Waals surface area contributed by atoms with Crippen LogP contribution in [0.4, 0.5) is 0 Å². The van der Waals surface area contributed by atoms with Crippen molar-refractivity contribution in [3.63, 3.8) is 0 Å². The molecule has 1 aliphatic heterocycles. The minimum Gasteiger partial charge on any atom is -0.497 e. The van der Waals surface area contributed by atoms with E-state index in [4.69, 9.17) is 4.74 Å². The average molecular weight is 397 g/mol. The van der Waals surface area contributed by atoms with Gasteiger partial charge >= 0.3 is 0 Å². The molecule has 0 aliphatic carbocycles. The van der Waals surface area contributed by atoms with E-state index in [2.05, 4.69) is 5.32 Å². The Kier molecular flexibility index (Phi) is 6.51. The van der Waals surface area contributed by atoms with Crippen LogP contribution in [0.25, 0.3) is 0 Å². The number of hydrogen-bond donors (Lipinski definition) is 1. The number of ether oxygens (including phenoxy) is 1. The number of nitrogens with one attached hydrogen (secondary N) is 1. The van der Waals surface area contributed by atoms with E-state index in [9.17, 15) is 18.0 Å². The zero-order chi connectivity index (χ0) is 20.2. The van der Waals surface area contributed by atoms with E-state index in [0.29, 0.717) is 19.5 Å². The highest BCUT2D eigenvalue weighted by Gasteiger charge is 2.43. The quantitative estimate of drug-likeness (QED) is 0.703. The number of amides is 2. The highest BCUT2D eigenvalue weighted by Crippen LogP contribution is 2.25. The third kappa shape index (κ3) is 5.00. The summed E-state index contributed by atoms with van der Waals surface area (Å²) >= 11 is 0. The van der Waals surface area contributed by atoms with Crippen molar-refractivity contribution < 1.29 is 22.7 Å². The van der Waals surface area contributed by atoms with Crippen LogP contribution in [-0.2, 0) is 26.0 Å². The summed E-state index contributed by atoms with van der Waals surface area (Å²) in [5, 5.41) is 2.80. The van der Waals surface area contributed by atoms with Crippen molar-refractivity contribution in [1.29, 1.82) is 0 Å². The lowest BCUT2D eigenvalue weighted by Crippen LogP contribution is -2.52. The molecule has 8 heteroatoms. The van der Waals surface area contributed by atoms with Crippen molar-refractivity contribution in [3.8, 4) is 5.75 Å². The number of carbonyl (C=O) groups is 2. The summed E-state index contributed by atoms with van der Waals surface area (Å²) in [5.74, 6) is 0.0504. The molecule has 1 aromatic carbocycles. The first-order valence-corrected chi connectivity index (χ1v) is 10.9. The predicted molar refractivity (Wildman–Crippen MR) is 103 cm³/mol. The van der Waals surface area contributed by atoms with Gasteiger partial charge in [-0.05, 0) is 44.9 Å². The van der Waals surface area contributed by atoms with Gasteiger partial charge in [0.2, 0.25) is 11.8 Å². The Balaban J connectivity index is 2.03. The van der Waals surface area contributed by atoms with Crippen molar-refractivity contribution in [2.45, 2.75) is 39.8 Å². The van der Waals surface area contributed by atoms with Crippen LogP contribution < -0.4 is 10.1 Å². The molecule has 0 saturated carbocycles. The molecule has 0 radical (unpaired) electrons. The predicted octanol–water partition coefficient (Wildman–Crippen LogP) is 1.37. The van der Waals surface area contributed by atoms with Gasteiger partial charge in [-0.1, -0.05) is 12.1 Å². The molecule has 1 N–H and O–H groups in total. The summed E-state index contributed by atoms with van der Waals surface area (Å²) in [7, 11) is -1.52. The molecule has 1 heterocycles. The van der Waals surface area contributed by atoms with Gasteiger partial charge in [0.15, 0.2) is 9.84 Å². The number of hydrogen-bond acceptors (Lipinski definition) is 5. The molecule has 0 bridgehead atoms. The molecule has 1 unspecified atom stereocenters. The molecular weight excluding hydrogens is 368 g/mol. The van der Waals surface area contributed by atoms with E-state index in [1.807, 2.05) is 12.1 Å². The molecule has 1 atom stereocenters. The third-order valence-electron chi connectivity index (χ3n) is 4.97. The standard InChI is InChI=1S/C19H28N2O5S/c1-5-21(15-10-11-27(24,25)13-15)18(23)19(2,3)17(22)20-12-14-6-8-16(26-4)9-7-14/h6-9,15H,5,10-13H2,1-4H3,(H,20,22). The molecule has 0 aromatic heterocycles. The minimum absolute atomic E-state index is 0.0316. The van der Waals surface area contributed by atoms with Gasteiger partial charge in [-0.3, -0.25) is 9.59 Å². The fraction of sp³-hybridized carbons (Fsp3) is 0.579. The van der Waals surface area contributed by atoms with Crippen LogP contribution in [0.1, 0.15) is 32.8 Å². The number of nitrogens with zero attached hydrogens (tertiary/aromatic N) is 1. The Morgan fingerprint density at radius 1 is 1.26 bits per heavy atom. The Labute approximate surface area is 161 Å². The summed E-state index contributed by atoms with van der Waals surface area (Å²) in [4.78, 5) is 27.2. The molecule has 1 saturated heterocycles. The van der Waals surface area contributed by atoms with Crippen LogP contribution in [0.15, 0.2) is 24.3 Å². The summed E-state index contributed by atoms with van der Waals surface area (Å²) in [6, 6.07) is 6.93. The summed E-state index contributed by atoms with van der Waals surface area (Å²) < 4.78 is 28.6. The van der Waals surface area contributed by atoms with Gasteiger partial charge in [-0.2, -0.15) is 0 Å². The van der Waals surface area contributed by atoms with Crippen molar-refractivity contribution in [2.24, 2.45) is 5.41 Å². The second-order valence-corrected chi connectivity index (χ2v) is 9.53. The molecular formula is C19H28N2O5S. The van der Waals surface area contributed by atoms with Gasteiger partial charge in [-0.25, -0.2) is 8.42 Å². The maximum atomic E-state index is 13.0. The van der Waals surface area contributed by atoms with Crippen molar-refractivity contribution in [1.82, 2.24) is 10.2 Å². The molecule has 7 nitrogen and oxygen atoms in total. The average Bonchev–Trinajstić information content (AvgIpc) is 3.00. The molecule has 1 aromatic rings. The lowest BCUT2D eigenvalue weighted by atomic mass is 9.89. The van der Waals surface area contributed by atoms with E-state index < -0.39 is 15.3 Å². The second kappa shape index (κ2) is 8.29. The van der Waals surface area contributed by atoms with E-state index in [1.165, 1.54) is 4.90 Å². The Morgan fingerprint density at radius 3 is 2.37 bits per heavy atom. The SMILES string of the molecule is CCN(C(=O)C(C)(C)C(=O)NCc1ccc(OC)cc1)C1CCS(=O)(=O)C1. The lowest BCUT2D eigenvalue weighted by molar-refractivity contribution is -0.149. The third-order valence-corrected chi connectivity index (χ3v) is 6.72. The molecule has 0 spiro atoms. The van der Waals surface area contributed by atoms with Gasteiger partial charge in [0.05, 0.1) is 18.6 Å². The van der Waals surface area contributed by atoms with Crippen LogP contribution in [0.2, 0.25) is 0 Å². The zero-order valence-corrected chi connectivity index (χ0v) is 17.1. The number of rotatable bonds is 7. The molecule has 27 heavy (non-hydrogen) atoms. The number of sulfone groups is 1. The topological polar surface area (TPSA) is 92.8 Å².